The standard InChI is InChI=1S/C37H36Br2N2O8S/c1-7-46-35(43)23-11-9-22(10-12-23)19-48-33-25(15-26(38)18-27(33)39)17-30-34(42)41-32(24-13-14-28(49-20(3)4)29(16-24)45-6)31(36(44)47-8-2)21(5)40-37(41)50-30/h9-18,20,32H,7-8,19H2,1-6H3/b30-17+/t32-/m0/s1. The number of fused-ring (bicyclic) bond motifs is 1. The average molecular weight is 829 g/mol. The molecule has 0 amide bonds. The molecule has 262 valence electrons. The molecule has 0 N–H and O–H groups in total. The minimum Gasteiger partial charge on any atom is -0.493 e. The molecule has 0 saturated heterocycles. The summed E-state index contributed by atoms with van der Waals surface area (Å²) < 4.78 is 31.7. The third-order valence-electron chi connectivity index (χ3n) is 7.56. The van der Waals surface area contributed by atoms with E-state index in [2.05, 4.69) is 31.9 Å². The normalized spacial score (nSPS) is 14.3. The summed E-state index contributed by atoms with van der Waals surface area (Å²) in [5, 5.41) is 0. The van der Waals surface area contributed by atoms with Crippen molar-refractivity contribution in [3.63, 3.8) is 0 Å². The molecule has 5 rings (SSSR count). The fourth-order valence-electron chi connectivity index (χ4n) is 5.40. The summed E-state index contributed by atoms with van der Waals surface area (Å²) in [4.78, 5) is 44.9. The van der Waals surface area contributed by atoms with Gasteiger partial charge >= 0.3 is 11.9 Å². The predicted molar refractivity (Wildman–Crippen MR) is 198 cm³/mol. The molecule has 1 aliphatic heterocycles. The number of allylic oxidation sites excluding steroid dienone is 1. The molecule has 13 heteroatoms. The van der Waals surface area contributed by atoms with Gasteiger partial charge in [0.15, 0.2) is 16.3 Å². The number of benzene rings is 3. The molecular weight excluding hydrogens is 792 g/mol. The predicted octanol–water partition coefficient (Wildman–Crippen LogP) is 6.87. The minimum atomic E-state index is -0.836. The smallest absolute Gasteiger partial charge is 0.338 e. The summed E-state index contributed by atoms with van der Waals surface area (Å²) in [7, 11) is 1.54. The van der Waals surface area contributed by atoms with Gasteiger partial charge in [-0.3, -0.25) is 9.36 Å². The van der Waals surface area contributed by atoms with Crippen molar-refractivity contribution >= 4 is 61.2 Å². The van der Waals surface area contributed by atoms with Crippen LogP contribution in [0.25, 0.3) is 6.08 Å². The average Bonchev–Trinajstić information content (AvgIpc) is 3.37. The number of hydrogen-bond donors (Lipinski definition) is 0. The second-order valence-corrected chi connectivity index (χ2v) is 14.2. The van der Waals surface area contributed by atoms with Gasteiger partial charge in [0, 0.05) is 10.0 Å². The molecule has 0 fully saturated rings. The maximum absolute atomic E-state index is 14.3. The first-order valence-corrected chi connectivity index (χ1v) is 18.3. The lowest BCUT2D eigenvalue weighted by molar-refractivity contribution is -0.139. The number of halogens is 2. The topological polar surface area (TPSA) is 115 Å². The van der Waals surface area contributed by atoms with E-state index in [0.29, 0.717) is 60.0 Å². The zero-order valence-electron chi connectivity index (χ0n) is 28.4. The molecule has 1 atom stereocenters. The number of nitrogens with zero attached hydrogens (tertiary/aromatic N) is 2. The number of ether oxygens (including phenoxy) is 5. The van der Waals surface area contributed by atoms with Crippen LogP contribution in [0.1, 0.15) is 67.7 Å². The fraction of sp³-hybridized carbons (Fsp3) is 0.297. The summed E-state index contributed by atoms with van der Waals surface area (Å²) in [6, 6.07) is 15.2. The first-order valence-electron chi connectivity index (χ1n) is 15.9. The highest BCUT2D eigenvalue weighted by Crippen LogP contribution is 2.37. The van der Waals surface area contributed by atoms with Gasteiger partial charge in [0.1, 0.15) is 12.4 Å². The van der Waals surface area contributed by atoms with Crippen molar-refractivity contribution in [1.29, 1.82) is 0 Å². The maximum atomic E-state index is 14.3. The van der Waals surface area contributed by atoms with E-state index in [1.807, 2.05) is 32.0 Å². The highest BCUT2D eigenvalue weighted by Gasteiger charge is 2.34. The summed E-state index contributed by atoms with van der Waals surface area (Å²) in [5.74, 6) is 0.574. The summed E-state index contributed by atoms with van der Waals surface area (Å²) >= 11 is 8.38. The minimum absolute atomic E-state index is 0.0894. The van der Waals surface area contributed by atoms with E-state index in [-0.39, 0.29) is 36.4 Å². The molecule has 0 radical (unpaired) electrons. The molecule has 4 aromatic rings. The van der Waals surface area contributed by atoms with Crippen molar-refractivity contribution < 1.29 is 33.3 Å². The Morgan fingerprint density at radius 1 is 0.980 bits per heavy atom. The summed E-state index contributed by atoms with van der Waals surface area (Å²) in [6.45, 7) is 9.72. The van der Waals surface area contributed by atoms with Crippen LogP contribution in [0.2, 0.25) is 0 Å². The number of aromatic nitrogens is 1. The number of carbonyl (C=O) groups excluding carboxylic acids is 2. The molecule has 1 aromatic heterocycles. The third-order valence-corrected chi connectivity index (χ3v) is 9.58. The Morgan fingerprint density at radius 2 is 1.68 bits per heavy atom. The second kappa shape index (κ2) is 16.2. The van der Waals surface area contributed by atoms with Crippen LogP contribution in [0.15, 0.2) is 84.6 Å². The van der Waals surface area contributed by atoms with Crippen LogP contribution < -0.4 is 29.1 Å². The van der Waals surface area contributed by atoms with Gasteiger partial charge in [0.25, 0.3) is 5.56 Å². The molecule has 10 nitrogen and oxygen atoms in total. The van der Waals surface area contributed by atoms with Gasteiger partial charge in [-0.05, 0) is 104 Å². The zero-order valence-corrected chi connectivity index (χ0v) is 32.4. The highest BCUT2D eigenvalue weighted by atomic mass is 79.9. The van der Waals surface area contributed by atoms with Crippen molar-refractivity contribution in [2.24, 2.45) is 4.99 Å². The Labute approximate surface area is 310 Å². The van der Waals surface area contributed by atoms with E-state index in [1.54, 1.807) is 70.4 Å². The van der Waals surface area contributed by atoms with Gasteiger partial charge in [0.2, 0.25) is 0 Å². The molecule has 0 bridgehead atoms. The molecule has 0 spiro atoms. The van der Waals surface area contributed by atoms with Crippen LogP contribution in [0, 0.1) is 0 Å². The van der Waals surface area contributed by atoms with Crippen molar-refractivity contribution in [2.75, 3.05) is 20.3 Å². The summed E-state index contributed by atoms with van der Waals surface area (Å²) in [6.07, 6.45) is 1.66. The SMILES string of the molecule is CCOC(=O)C1=C(C)N=c2s/c(=C/c3cc(Br)cc(Br)c3OCc3ccc(C(=O)OCC)cc3)c(=O)n2[C@H]1c1ccc(OC(C)C)c(OC)c1. The number of rotatable bonds is 12. The van der Waals surface area contributed by atoms with Gasteiger partial charge < -0.3 is 23.7 Å². The largest absolute Gasteiger partial charge is 0.493 e. The Balaban J connectivity index is 1.59. The monoisotopic (exact) mass is 826 g/mol. The first kappa shape index (κ1) is 37.1. The van der Waals surface area contributed by atoms with Gasteiger partial charge in [-0.25, -0.2) is 14.6 Å². The van der Waals surface area contributed by atoms with Crippen LogP contribution in [0.3, 0.4) is 0 Å². The van der Waals surface area contributed by atoms with Crippen molar-refractivity contribution in [1.82, 2.24) is 4.57 Å². The molecule has 3 aromatic carbocycles. The van der Waals surface area contributed by atoms with Crippen molar-refractivity contribution in [3.8, 4) is 17.2 Å². The van der Waals surface area contributed by atoms with Gasteiger partial charge in [-0.1, -0.05) is 45.5 Å². The van der Waals surface area contributed by atoms with E-state index in [4.69, 9.17) is 28.7 Å². The number of thiazole rings is 1. The van der Waals surface area contributed by atoms with E-state index in [0.717, 1.165) is 10.0 Å². The van der Waals surface area contributed by atoms with Crippen LogP contribution in [-0.4, -0.2) is 42.9 Å². The van der Waals surface area contributed by atoms with Crippen LogP contribution in [0.5, 0.6) is 17.2 Å². The number of hydrogen-bond acceptors (Lipinski definition) is 10. The van der Waals surface area contributed by atoms with E-state index in [1.165, 1.54) is 15.9 Å². The van der Waals surface area contributed by atoms with E-state index < -0.39 is 12.0 Å². The first-order chi connectivity index (χ1) is 23.9. The Hall–Kier alpha value is -4.20. The lowest BCUT2D eigenvalue weighted by atomic mass is 9.95. The number of esters is 2. The van der Waals surface area contributed by atoms with Gasteiger partial charge in [-0.15, -0.1) is 0 Å². The van der Waals surface area contributed by atoms with Crippen LogP contribution in [-0.2, 0) is 20.9 Å². The fourth-order valence-corrected chi connectivity index (χ4v) is 7.81. The second-order valence-electron chi connectivity index (χ2n) is 11.4. The molecule has 1 aliphatic rings. The number of carbonyl (C=O) groups is 2. The van der Waals surface area contributed by atoms with Crippen LogP contribution >= 0.6 is 43.2 Å². The maximum Gasteiger partial charge on any atom is 0.338 e. The molecular formula is C37H36Br2N2O8S. The molecule has 0 saturated carbocycles. The number of methoxy groups -OCH3 is 1. The molecule has 50 heavy (non-hydrogen) atoms. The molecule has 0 aliphatic carbocycles. The highest BCUT2D eigenvalue weighted by molar-refractivity contribution is 9.11. The summed E-state index contributed by atoms with van der Waals surface area (Å²) in [5.41, 5.74) is 2.92. The zero-order chi connectivity index (χ0) is 36.1. The molecule has 2 heterocycles. The molecule has 0 unspecified atom stereocenters. The van der Waals surface area contributed by atoms with Crippen LogP contribution in [0.4, 0.5) is 0 Å². The lowest BCUT2D eigenvalue weighted by Crippen LogP contribution is -2.40. The van der Waals surface area contributed by atoms with E-state index in [9.17, 15) is 14.4 Å². The Bertz CT molecular complexity index is 2140. The Morgan fingerprint density at radius 3 is 2.34 bits per heavy atom. The van der Waals surface area contributed by atoms with Gasteiger partial charge in [-0.2, -0.15) is 0 Å². The third kappa shape index (κ3) is 8.06. The Kier molecular flexibility index (Phi) is 12.0. The lowest BCUT2D eigenvalue weighted by Gasteiger charge is -2.25. The van der Waals surface area contributed by atoms with Crippen molar-refractivity contribution in [2.45, 2.75) is 53.4 Å². The van der Waals surface area contributed by atoms with E-state index >= 15 is 0 Å². The van der Waals surface area contributed by atoms with Gasteiger partial charge in [0.05, 0.1) is 58.3 Å². The quantitative estimate of drug-likeness (QED) is 0.142. The van der Waals surface area contributed by atoms with Crippen molar-refractivity contribution in [3.05, 3.63) is 117 Å².